The standard InChI is InChI=1S/C34H36N4O2/c1-5-37(6-2)25-17-13-23(14-18-25)35-29-21-22-30(36-24-15-19-26(20-16-24)38(7-3)8-4)32-31(29)33(39)27-11-9-10-12-28(27)34(32)40/h9-22,35-36H,5-8H2,1-4H3. The van der Waals surface area contributed by atoms with Crippen LogP contribution in [0.15, 0.2) is 84.9 Å². The van der Waals surface area contributed by atoms with Gasteiger partial charge in [-0.2, -0.15) is 0 Å². The summed E-state index contributed by atoms with van der Waals surface area (Å²) < 4.78 is 0. The Labute approximate surface area is 236 Å². The van der Waals surface area contributed by atoms with Crippen molar-refractivity contribution >= 4 is 45.7 Å². The topological polar surface area (TPSA) is 64.7 Å². The highest BCUT2D eigenvalue weighted by Crippen LogP contribution is 2.39. The van der Waals surface area contributed by atoms with Gasteiger partial charge in [0.05, 0.1) is 22.5 Å². The van der Waals surface area contributed by atoms with E-state index in [0.717, 1.165) is 48.9 Å². The highest BCUT2D eigenvalue weighted by atomic mass is 16.1. The number of nitrogens with zero attached hydrogens (tertiary/aromatic N) is 2. The molecule has 2 N–H and O–H groups in total. The smallest absolute Gasteiger partial charge is 0.196 e. The van der Waals surface area contributed by atoms with Crippen LogP contribution in [0, 0.1) is 0 Å². The van der Waals surface area contributed by atoms with Crippen LogP contribution in [0.5, 0.6) is 0 Å². The Bertz CT molecular complexity index is 1400. The summed E-state index contributed by atoms with van der Waals surface area (Å²) in [5.41, 5.74) is 6.86. The van der Waals surface area contributed by atoms with Gasteiger partial charge < -0.3 is 20.4 Å². The predicted molar refractivity (Wildman–Crippen MR) is 166 cm³/mol. The molecule has 5 rings (SSSR count). The zero-order valence-corrected chi connectivity index (χ0v) is 23.6. The molecule has 0 heterocycles. The number of anilines is 6. The maximum absolute atomic E-state index is 13.8. The third kappa shape index (κ3) is 5.05. The summed E-state index contributed by atoms with van der Waals surface area (Å²) in [5.74, 6) is -0.319. The fraction of sp³-hybridized carbons (Fsp3) is 0.235. The molecule has 0 fully saturated rings. The number of ketones is 2. The number of fused-ring (bicyclic) bond motifs is 2. The van der Waals surface area contributed by atoms with Crippen molar-refractivity contribution in [2.24, 2.45) is 0 Å². The Morgan fingerprint density at radius 3 is 1.18 bits per heavy atom. The van der Waals surface area contributed by atoms with Crippen molar-refractivity contribution in [2.45, 2.75) is 27.7 Å². The number of hydrogen-bond acceptors (Lipinski definition) is 6. The molecule has 1 aliphatic carbocycles. The van der Waals surface area contributed by atoms with Gasteiger partial charge in [-0.25, -0.2) is 0 Å². The second-order valence-corrected chi connectivity index (χ2v) is 9.80. The van der Waals surface area contributed by atoms with Crippen LogP contribution in [0.4, 0.5) is 34.1 Å². The minimum absolute atomic E-state index is 0.159. The lowest BCUT2D eigenvalue weighted by atomic mass is 9.82. The first-order valence-corrected chi connectivity index (χ1v) is 14.1. The molecule has 0 amide bonds. The van der Waals surface area contributed by atoms with Crippen LogP contribution in [0.2, 0.25) is 0 Å². The molecule has 204 valence electrons. The molecule has 6 nitrogen and oxygen atoms in total. The molecule has 0 aliphatic heterocycles. The van der Waals surface area contributed by atoms with Crippen molar-refractivity contribution in [3.05, 3.63) is 107 Å². The van der Waals surface area contributed by atoms with E-state index in [9.17, 15) is 9.59 Å². The number of benzene rings is 4. The molecule has 0 bridgehead atoms. The normalized spacial score (nSPS) is 12.0. The fourth-order valence-electron chi connectivity index (χ4n) is 5.43. The Balaban J connectivity index is 1.53. The van der Waals surface area contributed by atoms with E-state index in [1.807, 2.05) is 36.4 Å². The van der Waals surface area contributed by atoms with Gasteiger partial charge in [0, 0.05) is 60.1 Å². The van der Waals surface area contributed by atoms with E-state index in [1.165, 1.54) is 0 Å². The lowest BCUT2D eigenvalue weighted by Gasteiger charge is -2.25. The average molecular weight is 533 g/mol. The molecule has 0 atom stereocenters. The first-order valence-electron chi connectivity index (χ1n) is 14.1. The largest absolute Gasteiger partial charge is 0.372 e. The van der Waals surface area contributed by atoms with Gasteiger partial charge in [0.15, 0.2) is 11.6 Å². The van der Waals surface area contributed by atoms with E-state index in [4.69, 9.17) is 0 Å². The maximum atomic E-state index is 13.8. The minimum Gasteiger partial charge on any atom is -0.372 e. The second kappa shape index (κ2) is 11.7. The molecular weight excluding hydrogens is 496 g/mol. The van der Waals surface area contributed by atoms with Crippen molar-refractivity contribution in [2.75, 3.05) is 46.6 Å². The van der Waals surface area contributed by atoms with Crippen molar-refractivity contribution in [1.82, 2.24) is 0 Å². The molecule has 40 heavy (non-hydrogen) atoms. The molecular formula is C34H36N4O2. The Hall–Kier alpha value is -4.58. The van der Waals surface area contributed by atoms with Gasteiger partial charge >= 0.3 is 0 Å². The van der Waals surface area contributed by atoms with Gasteiger partial charge in [-0.1, -0.05) is 24.3 Å². The molecule has 4 aromatic rings. The number of rotatable bonds is 10. The number of carbonyl (C=O) groups is 2. The fourth-order valence-corrected chi connectivity index (χ4v) is 5.43. The highest BCUT2D eigenvalue weighted by Gasteiger charge is 2.34. The molecule has 0 saturated carbocycles. The Morgan fingerprint density at radius 2 is 0.850 bits per heavy atom. The average Bonchev–Trinajstić information content (AvgIpc) is 2.99. The molecule has 0 aromatic heterocycles. The lowest BCUT2D eigenvalue weighted by molar-refractivity contribution is 0.0980. The number of nitrogens with one attached hydrogen (secondary N) is 2. The summed E-state index contributed by atoms with van der Waals surface area (Å²) in [5, 5.41) is 6.83. The molecule has 0 radical (unpaired) electrons. The van der Waals surface area contributed by atoms with Gasteiger partial charge in [0.25, 0.3) is 0 Å². The van der Waals surface area contributed by atoms with Crippen molar-refractivity contribution in [1.29, 1.82) is 0 Å². The first kappa shape index (κ1) is 27.0. The van der Waals surface area contributed by atoms with E-state index in [0.29, 0.717) is 33.6 Å². The molecule has 0 saturated heterocycles. The van der Waals surface area contributed by atoms with Gasteiger partial charge in [-0.3, -0.25) is 9.59 Å². The van der Waals surface area contributed by atoms with E-state index in [2.05, 4.69) is 72.4 Å². The summed E-state index contributed by atoms with van der Waals surface area (Å²) in [6.07, 6.45) is 0. The quantitative estimate of drug-likeness (QED) is 0.193. The van der Waals surface area contributed by atoms with Gasteiger partial charge in [0.1, 0.15) is 0 Å². The summed E-state index contributed by atoms with van der Waals surface area (Å²) in [6.45, 7) is 12.3. The molecule has 4 aromatic carbocycles. The van der Waals surface area contributed by atoms with Gasteiger partial charge in [0.2, 0.25) is 0 Å². The lowest BCUT2D eigenvalue weighted by Crippen LogP contribution is -2.23. The van der Waals surface area contributed by atoms with Crippen molar-refractivity contribution in [3.63, 3.8) is 0 Å². The Morgan fingerprint density at radius 1 is 0.500 bits per heavy atom. The predicted octanol–water partition coefficient (Wildman–Crippen LogP) is 7.64. The summed E-state index contributed by atoms with van der Waals surface area (Å²) in [7, 11) is 0. The van der Waals surface area contributed by atoms with Crippen LogP contribution < -0.4 is 20.4 Å². The zero-order chi connectivity index (χ0) is 28.2. The molecule has 0 spiro atoms. The summed E-state index contributed by atoms with van der Waals surface area (Å²) in [6, 6.07) is 27.1. The van der Waals surface area contributed by atoms with Crippen LogP contribution in [-0.4, -0.2) is 37.7 Å². The molecule has 6 heteroatoms. The minimum atomic E-state index is -0.159. The van der Waals surface area contributed by atoms with Crippen molar-refractivity contribution < 1.29 is 9.59 Å². The Kier molecular flexibility index (Phi) is 7.87. The van der Waals surface area contributed by atoms with E-state index in [1.54, 1.807) is 24.3 Å². The van der Waals surface area contributed by atoms with Crippen LogP contribution in [0.25, 0.3) is 0 Å². The van der Waals surface area contributed by atoms with Crippen LogP contribution in [0.1, 0.15) is 59.5 Å². The highest BCUT2D eigenvalue weighted by molar-refractivity contribution is 6.32. The monoisotopic (exact) mass is 532 g/mol. The van der Waals surface area contributed by atoms with Crippen LogP contribution in [-0.2, 0) is 0 Å². The van der Waals surface area contributed by atoms with Gasteiger partial charge in [-0.05, 0) is 88.4 Å². The maximum Gasteiger partial charge on any atom is 0.196 e. The van der Waals surface area contributed by atoms with Gasteiger partial charge in [-0.15, -0.1) is 0 Å². The third-order valence-corrected chi connectivity index (χ3v) is 7.63. The molecule has 1 aliphatic rings. The van der Waals surface area contributed by atoms with E-state index < -0.39 is 0 Å². The van der Waals surface area contributed by atoms with Crippen LogP contribution >= 0.6 is 0 Å². The summed E-state index contributed by atoms with van der Waals surface area (Å²) >= 11 is 0. The third-order valence-electron chi connectivity index (χ3n) is 7.63. The first-order chi connectivity index (χ1) is 19.5. The van der Waals surface area contributed by atoms with E-state index in [-0.39, 0.29) is 11.6 Å². The van der Waals surface area contributed by atoms with Crippen molar-refractivity contribution in [3.8, 4) is 0 Å². The van der Waals surface area contributed by atoms with E-state index >= 15 is 0 Å². The van der Waals surface area contributed by atoms with Crippen LogP contribution in [0.3, 0.4) is 0 Å². The zero-order valence-electron chi connectivity index (χ0n) is 23.6. The molecule has 0 unspecified atom stereocenters. The number of carbonyl (C=O) groups excluding carboxylic acids is 2. The summed E-state index contributed by atoms with van der Waals surface area (Å²) in [4.78, 5) is 32.2. The second-order valence-electron chi connectivity index (χ2n) is 9.80. The number of hydrogen-bond donors (Lipinski definition) is 2. The SMILES string of the molecule is CCN(CC)c1ccc(Nc2ccc(Nc3ccc(N(CC)CC)cc3)c3c2C(=O)c2ccccc2C3=O)cc1.